The summed E-state index contributed by atoms with van der Waals surface area (Å²) >= 11 is 1.54. The lowest BCUT2D eigenvalue weighted by molar-refractivity contribution is -0.139. The zero-order valence-electron chi connectivity index (χ0n) is 23.3. The van der Waals surface area contributed by atoms with Gasteiger partial charge in [0, 0.05) is 6.54 Å². The first-order chi connectivity index (χ1) is 19.7. The molecule has 0 radical (unpaired) electrons. The second-order valence-corrected chi connectivity index (χ2v) is 11.1. The predicted molar refractivity (Wildman–Crippen MR) is 165 cm³/mol. The number of aliphatic imine (C=N–C) groups is 1. The summed E-state index contributed by atoms with van der Waals surface area (Å²) in [5.41, 5.74) is 3.48. The highest BCUT2D eigenvalue weighted by atomic mass is 32.2. The highest BCUT2D eigenvalue weighted by Gasteiger charge is 2.32. The molecule has 0 aliphatic carbocycles. The van der Waals surface area contributed by atoms with Gasteiger partial charge >= 0.3 is 5.97 Å². The molecule has 210 valence electrons. The van der Waals surface area contributed by atoms with E-state index in [2.05, 4.69) is 52.7 Å². The smallest absolute Gasteiger partial charge is 0.338 e. The number of hydrogen-bond donors (Lipinski definition) is 1. The molecule has 0 aromatic heterocycles. The minimum Gasteiger partial charge on any atom is -0.462 e. The predicted octanol–water partition coefficient (Wildman–Crippen LogP) is 6.14. The lowest BCUT2D eigenvalue weighted by Crippen LogP contribution is -2.35. The second-order valence-electron chi connectivity index (χ2n) is 10.3. The molecule has 0 spiro atoms. The number of benzene rings is 3. The number of rotatable bonds is 11. The van der Waals surface area contributed by atoms with Crippen molar-refractivity contribution in [1.29, 1.82) is 0 Å². The van der Waals surface area contributed by atoms with Gasteiger partial charge in [0.25, 0.3) is 0 Å². The minimum absolute atomic E-state index is 0.311. The van der Waals surface area contributed by atoms with Crippen molar-refractivity contribution in [3.05, 3.63) is 95.2 Å². The number of amidine groups is 1. The third kappa shape index (κ3) is 7.53. The number of fused-ring (bicyclic) bond motifs is 1. The number of piperidine rings is 1. The molecule has 40 heavy (non-hydrogen) atoms. The van der Waals surface area contributed by atoms with E-state index in [0.29, 0.717) is 25.4 Å². The maximum absolute atomic E-state index is 13.7. The third-order valence-corrected chi connectivity index (χ3v) is 8.13. The van der Waals surface area contributed by atoms with E-state index in [9.17, 15) is 4.79 Å². The molecule has 3 aromatic rings. The molecule has 7 heteroatoms. The highest BCUT2D eigenvalue weighted by Crippen LogP contribution is 2.34. The Morgan fingerprint density at radius 2 is 1.75 bits per heavy atom. The Balaban J connectivity index is 1.34. The van der Waals surface area contributed by atoms with E-state index >= 15 is 0 Å². The molecular formula is C33H39N3O3S. The van der Waals surface area contributed by atoms with Crippen molar-refractivity contribution in [1.82, 2.24) is 10.2 Å². The average Bonchev–Trinajstić information content (AvgIpc) is 3.01. The van der Waals surface area contributed by atoms with Gasteiger partial charge in [-0.15, -0.1) is 0 Å². The average molecular weight is 558 g/mol. The van der Waals surface area contributed by atoms with Crippen LogP contribution in [-0.4, -0.2) is 61.7 Å². The van der Waals surface area contributed by atoms with Crippen LogP contribution < -0.4 is 5.32 Å². The van der Waals surface area contributed by atoms with Crippen molar-refractivity contribution in [3.63, 3.8) is 0 Å². The van der Waals surface area contributed by atoms with Gasteiger partial charge in [0.05, 0.1) is 31.1 Å². The molecule has 2 aliphatic heterocycles. The first kappa shape index (κ1) is 28.4. The maximum Gasteiger partial charge on any atom is 0.338 e. The Bertz CT molecular complexity index is 1340. The number of nitrogens with one attached hydrogen (secondary N) is 1. The van der Waals surface area contributed by atoms with Crippen LogP contribution in [0.15, 0.2) is 89.1 Å². The van der Waals surface area contributed by atoms with E-state index in [1.54, 1.807) is 0 Å². The molecule has 1 unspecified atom stereocenters. The number of thioether (sulfide) groups is 1. The van der Waals surface area contributed by atoms with Crippen molar-refractivity contribution in [2.75, 3.05) is 45.7 Å². The zero-order valence-corrected chi connectivity index (χ0v) is 24.1. The summed E-state index contributed by atoms with van der Waals surface area (Å²) in [5, 5.41) is 6.43. The summed E-state index contributed by atoms with van der Waals surface area (Å²) in [6.07, 6.45) is 7.45. The maximum atomic E-state index is 13.7. The van der Waals surface area contributed by atoms with Gasteiger partial charge in [-0.1, -0.05) is 84.9 Å². The topological polar surface area (TPSA) is 63.2 Å². The molecular weight excluding hydrogens is 518 g/mol. The molecule has 2 aliphatic rings. The van der Waals surface area contributed by atoms with Crippen LogP contribution >= 0.6 is 11.8 Å². The van der Waals surface area contributed by atoms with E-state index in [4.69, 9.17) is 14.5 Å². The second kappa shape index (κ2) is 14.5. The standard InChI is InChI=1S/C33H39N3O3S/c1-40-33-34-29(24-38-22-20-36-18-8-3-9-19-36)30(32(37)39-21-10-13-25-11-4-2-5-12-25)31(35-33)28-17-16-26-14-6-7-15-27(26)23-28/h2,4-7,11-12,14-17,23,31H,3,8-10,13,18-22,24H2,1H3,(H,34,35). The minimum atomic E-state index is -0.462. The fourth-order valence-electron chi connectivity index (χ4n) is 5.36. The SMILES string of the molecule is CSC1=NC(c2ccc3ccccc3c2)C(C(=O)OCCCc2ccccc2)=C(COCCN2CCCCC2)N1. The highest BCUT2D eigenvalue weighted by molar-refractivity contribution is 8.13. The fraction of sp³-hybridized carbons (Fsp3) is 0.394. The quantitative estimate of drug-likeness (QED) is 0.226. The molecule has 1 N–H and O–H groups in total. The Hall–Kier alpha value is -3.13. The van der Waals surface area contributed by atoms with E-state index in [-0.39, 0.29) is 5.97 Å². The van der Waals surface area contributed by atoms with Gasteiger partial charge in [0.15, 0.2) is 5.17 Å². The monoisotopic (exact) mass is 557 g/mol. The number of hydrogen-bond acceptors (Lipinski definition) is 7. The lowest BCUT2D eigenvalue weighted by atomic mass is 9.94. The summed E-state index contributed by atoms with van der Waals surface area (Å²) in [4.78, 5) is 21.1. The van der Waals surface area contributed by atoms with Crippen LogP contribution in [0.1, 0.15) is 42.9 Å². The Labute approximate surface area is 241 Å². The lowest BCUT2D eigenvalue weighted by Gasteiger charge is -2.28. The molecule has 0 amide bonds. The molecule has 1 saturated heterocycles. The zero-order chi connectivity index (χ0) is 27.6. The largest absolute Gasteiger partial charge is 0.462 e. The summed E-state index contributed by atoms with van der Waals surface area (Å²) in [6.45, 7) is 4.47. The Kier molecular flexibility index (Phi) is 10.3. The van der Waals surface area contributed by atoms with Gasteiger partial charge in [-0.05, 0) is 73.0 Å². The number of esters is 1. The van der Waals surface area contributed by atoms with Crippen LogP contribution in [0.5, 0.6) is 0 Å². The Morgan fingerprint density at radius 3 is 2.55 bits per heavy atom. The van der Waals surface area contributed by atoms with Crippen LogP contribution in [0.2, 0.25) is 0 Å². The van der Waals surface area contributed by atoms with Crippen LogP contribution in [0, 0.1) is 0 Å². The summed E-state index contributed by atoms with van der Waals surface area (Å²) in [6, 6.07) is 24.4. The number of aryl methyl sites for hydroxylation is 1. The van der Waals surface area contributed by atoms with Gasteiger partial charge in [-0.3, -0.25) is 0 Å². The number of nitrogens with zero attached hydrogens (tertiary/aromatic N) is 2. The van der Waals surface area contributed by atoms with Crippen LogP contribution in [-0.2, 0) is 20.7 Å². The fourth-order valence-corrected chi connectivity index (χ4v) is 5.80. The van der Waals surface area contributed by atoms with Crippen LogP contribution in [0.25, 0.3) is 10.8 Å². The molecule has 6 nitrogen and oxygen atoms in total. The number of carbonyl (C=O) groups excluding carboxylic acids is 1. The van der Waals surface area contributed by atoms with Crippen molar-refractivity contribution >= 4 is 33.7 Å². The van der Waals surface area contributed by atoms with Crippen molar-refractivity contribution in [2.24, 2.45) is 4.99 Å². The van der Waals surface area contributed by atoms with Crippen molar-refractivity contribution < 1.29 is 14.3 Å². The summed E-state index contributed by atoms with van der Waals surface area (Å²) in [5.74, 6) is -0.336. The normalized spacial score (nSPS) is 17.9. The van der Waals surface area contributed by atoms with E-state index in [0.717, 1.165) is 59.7 Å². The van der Waals surface area contributed by atoms with E-state index in [1.165, 1.54) is 36.6 Å². The van der Waals surface area contributed by atoms with Gasteiger partial charge < -0.3 is 19.7 Å². The first-order valence-electron chi connectivity index (χ1n) is 14.3. The van der Waals surface area contributed by atoms with Gasteiger partial charge in [-0.25, -0.2) is 9.79 Å². The van der Waals surface area contributed by atoms with Crippen LogP contribution in [0.3, 0.4) is 0 Å². The van der Waals surface area contributed by atoms with Crippen molar-refractivity contribution in [3.8, 4) is 0 Å². The van der Waals surface area contributed by atoms with Gasteiger partial charge in [0.2, 0.25) is 0 Å². The molecule has 1 fully saturated rings. The van der Waals surface area contributed by atoms with Crippen molar-refractivity contribution in [2.45, 2.75) is 38.1 Å². The first-order valence-corrected chi connectivity index (χ1v) is 15.6. The summed E-state index contributed by atoms with van der Waals surface area (Å²) < 4.78 is 12.0. The molecule has 2 heterocycles. The number of carbonyl (C=O) groups is 1. The summed E-state index contributed by atoms with van der Waals surface area (Å²) in [7, 11) is 0. The molecule has 0 bridgehead atoms. The molecule has 5 rings (SSSR count). The van der Waals surface area contributed by atoms with Gasteiger partial charge in [0.1, 0.15) is 6.04 Å². The van der Waals surface area contributed by atoms with E-state index < -0.39 is 6.04 Å². The third-order valence-electron chi connectivity index (χ3n) is 7.54. The number of ether oxygens (including phenoxy) is 2. The van der Waals surface area contributed by atoms with Crippen LogP contribution in [0.4, 0.5) is 0 Å². The number of likely N-dealkylation sites (tertiary alicyclic amines) is 1. The molecule has 1 atom stereocenters. The molecule has 0 saturated carbocycles. The van der Waals surface area contributed by atoms with Gasteiger partial charge in [-0.2, -0.15) is 0 Å². The Morgan fingerprint density at radius 1 is 0.975 bits per heavy atom. The molecule has 3 aromatic carbocycles. The van der Waals surface area contributed by atoms with E-state index in [1.807, 2.05) is 36.6 Å².